The molecule has 104 valence electrons. The van der Waals surface area contributed by atoms with Crippen molar-refractivity contribution in [3.05, 3.63) is 30.3 Å². The Morgan fingerprint density at radius 3 is 2.42 bits per heavy atom. The Kier molecular flexibility index (Phi) is 6.87. The molecule has 0 unspecified atom stereocenters. The van der Waals surface area contributed by atoms with Gasteiger partial charge in [-0.2, -0.15) is 0 Å². The Balaban J connectivity index is 2.51. The summed E-state index contributed by atoms with van der Waals surface area (Å²) >= 11 is 6.75. The first kappa shape index (κ1) is 16.0. The predicted octanol–water partition coefficient (Wildman–Crippen LogP) is 2.91. The van der Waals surface area contributed by atoms with Crippen molar-refractivity contribution < 1.29 is 4.79 Å². The molecule has 0 aromatic heterocycles. The molecule has 0 bridgehead atoms. The molecule has 1 aromatic carbocycles. The number of thiocarbonyl (C=S) groups is 1. The lowest BCUT2D eigenvalue weighted by molar-refractivity contribution is -0.119. The second-order valence-electron chi connectivity index (χ2n) is 4.04. The van der Waals surface area contributed by atoms with E-state index in [1.165, 1.54) is 11.8 Å². The molecule has 19 heavy (non-hydrogen) atoms. The first-order valence-electron chi connectivity index (χ1n) is 6.40. The van der Waals surface area contributed by atoms with Gasteiger partial charge in [-0.3, -0.25) is 4.79 Å². The quantitative estimate of drug-likeness (QED) is 0.669. The van der Waals surface area contributed by atoms with Gasteiger partial charge in [0, 0.05) is 18.0 Å². The van der Waals surface area contributed by atoms with Crippen molar-refractivity contribution in [2.75, 3.05) is 13.1 Å². The number of hydrogen-bond donors (Lipinski definition) is 1. The molecular weight excluding hydrogens is 276 g/mol. The topological polar surface area (TPSA) is 32.3 Å². The Morgan fingerprint density at radius 2 is 1.89 bits per heavy atom. The van der Waals surface area contributed by atoms with Crippen LogP contribution in [0.1, 0.15) is 20.8 Å². The number of rotatable bonds is 5. The van der Waals surface area contributed by atoms with Crippen molar-refractivity contribution in [2.24, 2.45) is 0 Å². The van der Waals surface area contributed by atoms with E-state index in [1.54, 1.807) is 0 Å². The summed E-state index contributed by atoms with van der Waals surface area (Å²) in [5.41, 5.74) is 0. The maximum atomic E-state index is 12.0. The molecule has 3 nitrogen and oxygen atoms in total. The molecule has 0 aliphatic rings. The van der Waals surface area contributed by atoms with E-state index >= 15 is 0 Å². The molecule has 0 fully saturated rings. The van der Waals surface area contributed by atoms with E-state index in [1.807, 2.05) is 56.0 Å². The van der Waals surface area contributed by atoms with Crippen LogP contribution < -0.4 is 5.32 Å². The third-order valence-electron chi connectivity index (χ3n) is 2.71. The first-order valence-corrected chi connectivity index (χ1v) is 7.68. The minimum absolute atomic E-state index is 0.0502. The van der Waals surface area contributed by atoms with Gasteiger partial charge in [0.05, 0.1) is 5.25 Å². The van der Waals surface area contributed by atoms with Crippen LogP contribution >= 0.6 is 24.0 Å². The summed E-state index contributed by atoms with van der Waals surface area (Å²) in [5.74, 6) is -0.0502. The Labute approximate surface area is 124 Å². The van der Waals surface area contributed by atoms with Gasteiger partial charge in [0.2, 0.25) is 5.91 Å². The van der Waals surface area contributed by atoms with E-state index in [0.29, 0.717) is 5.11 Å². The monoisotopic (exact) mass is 296 g/mol. The highest BCUT2D eigenvalue weighted by molar-refractivity contribution is 8.00. The molecule has 0 spiro atoms. The zero-order chi connectivity index (χ0) is 14.3. The van der Waals surface area contributed by atoms with Crippen LogP contribution in [0, 0.1) is 0 Å². The highest BCUT2D eigenvalue weighted by Gasteiger charge is 2.17. The SMILES string of the molecule is CCN(CC)C(=S)NC(=O)[C@@H](C)Sc1ccccc1. The number of amides is 1. The number of thioether (sulfide) groups is 1. The second-order valence-corrected chi connectivity index (χ2v) is 5.84. The van der Waals surface area contributed by atoms with Gasteiger partial charge in [-0.1, -0.05) is 18.2 Å². The maximum absolute atomic E-state index is 12.0. The fraction of sp³-hybridized carbons (Fsp3) is 0.429. The zero-order valence-electron chi connectivity index (χ0n) is 11.6. The van der Waals surface area contributed by atoms with Gasteiger partial charge in [-0.15, -0.1) is 11.8 Å². The molecule has 5 heteroatoms. The van der Waals surface area contributed by atoms with E-state index in [2.05, 4.69) is 5.32 Å². The van der Waals surface area contributed by atoms with Crippen molar-refractivity contribution in [1.82, 2.24) is 10.2 Å². The molecule has 0 saturated heterocycles. The van der Waals surface area contributed by atoms with Crippen LogP contribution in [0.15, 0.2) is 35.2 Å². The lowest BCUT2D eigenvalue weighted by atomic mass is 10.4. The Hall–Kier alpha value is -1.07. The summed E-state index contributed by atoms with van der Waals surface area (Å²) in [6, 6.07) is 9.89. The van der Waals surface area contributed by atoms with Crippen LogP contribution in [0.5, 0.6) is 0 Å². The summed E-state index contributed by atoms with van der Waals surface area (Å²) in [4.78, 5) is 15.1. The van der Waals surface area contributed by atoms with Crippen molar-refractivity contribution in [3.63, 3.8) is 0 Å². The molecule has 0 heterocycles. The number of hydrogen-bond acceptors (Lipinski definition) is 3. The highest BCUT2D eigenvalue weighted by Crippen LogP contribution is 2.22. The van der Waals surface area contributed by atoms with Crippen LogP contribution in [0.3, 0.4) is 0 Å². The average molecular weight is 296 g/mol. The van der Waals surface area contributed by atoms with Crippen LogP contribution in [0.2, 0.25) is 0 Å². The van der Waals surface area contributed by atoms with E-state index in [9.17, 15) is 4.79 Å². The number of nitrogens with one attached hydrogen (secondary N) is 1. The second kappa shape index (κ2) is 8.17. The minimum atomic E-state index is -0.170. The van der Waals surface area contributed by atoms with Gasteiger partial charge in [-0.25, -0.2) is 0 Å². The minimum Gasteiger partial charge on any atom is -0.350 e. The summed E-state index contributed by atoms with van der Waals surface area (Å²) < 4.78 is 0. The van der Waals surface area contributed by atoms with E-state index in [4.69, 9.17) is 12.2 Å². The normalized spacial score (nSPS) is 11.7. The molecule has 1 aromatic rings. The molecule has 1 amide bonds. The number of benzene rings is 1. The fourth-order valence-corrected chi connectivity index (χ4v) is 2.80. The van der Waals surface area contributed by atoms with E-state index in [0.717, 1.165) is 18.0 Å². The van der Waals surface area contributed by atoms with Gasteiger partial charge < -0.3 is 10.2 Å². The standard InChI is InChI=1S/C14H20N2OS2/c1-4-16(5-2)14(18)15-13(17)11(3)19-12-9-7-6-8-10-12/h6-11H,4-5H2,1-3H3,(H,15,17,18)/t11-/m1/s1. The molecule has 1 N–H and O–H groups in total. The molecule has 0 aliphatic carbocycles. The third-order valence-corrected chi connectivity index (χ3v) is 4.18. The van der Waals surface area contributed by atoms with E-state index in [-0.39, 0.29) is 11.2 Å². The fourth-order valence-electron chi connectivity index (χ4n) is 1.55. The number of carbonyl (C=O) groups excluding carboxylic acids is 1. The Bertz CT molecular complexity index is 419. The number of nitrogens with zero attached hydrogens (tertiary/aromatic N) is 1. The lowest BCUT2D eigenvalue weighted by Gasteiger charge is -2.22. The molecule has 1 rings (SSSR count). The molecule has 0 radical (unpaired) electrons. The first-order chi connectivity index (χ1) is 9.08. The van der Waals surface area contributed by atoms with E-state index < -0.39 is 0 Å². The van der Waals surface area contributed by atoms with Crippen molar-refractivity contribution in [1.29, 1.82) is 0 Å². The van der Waals surface area contributed by atoms with Crippen LogP contribution in [-0.2, 0) is 4.79 Å². The highest BCUT2D eigenvalue weighted by atomic mass is 32.2. The lowest BCUT2D eigenvalue weighted by Crippen LogP contribution is -2.44. The Morgan fingerprint density at radius 1 is 1.32 bits per heavy atom. The van der Waals surface area contributed by atoms with Crippen molar-refractivity contribution in [2.45, 2.75) is 30.9 Å². The van der Waals surface area contributed by atoms with Crippen molar-refractivity contribution >= 4 is 35.0 Å². The van der Waals surface area contributed by atoms with Gasteiger partial charge in [0.1, 0.15) is 0 Å². The maximum Gasteiger partial charge on any atom is 0.239 e. The van der Waals surface area contributed by atoms with Gasteiger partial charge in [0.25, 0.3) is 0 Å². The zero-order valence-corrected chi connectivity index (χ0v) is 13.2. The van der Waals surface area contributed by atoms with Crippen LogP contribution in [-0.4, -0.2) is 34.3 Å². The van der Waals surface area contributed by atoms with Gasteiger partial charge in [-0.05, 0) is 45.1 Å². The largest absolute Gasteiger partial charge is 0.350 e. The number of carbonyl (C=O) groups is 1. The van der Waals surface area contributed by atoms with Gasteiger partial charge >= 0.3 is 0 Å². The molecule has 0 saturated carbocycles. The van der Waals surface area contributed by atoms with Gasteiger partial charge in [0.15, 0.2) is 5.11 Å². The van der Waals surface area contributed by atoms with Crippen molar-refractivity contribution in [3.8, 4) is 0 Å². The van der Waals surface area contributed by atoms with Crippen LogP contribution in [0.4, 0.5) is 0 Å². The average Bonchev–Trinajstić information content (AvgIpc) is 2.41. The summed E-state index contributed by atoms with van der Waals surface area (Å²) in [5, 5.41) is 3.14. The summed E-state index contributed by atoms with van der Waals surface area (Å²) in [6.07, 6.45) is 0. The molecular formula is C14H20N2OS2. The molecule has 0 aliphatic heterocycles. The predicted molar refractivity (Wildman–Crippen MR) is 85.4 cm³/mol. The smallest absolute Gasteiger partial charge is 0.239 e. The molecule has 1 atom stereocenters. The summed E-state index contributed by atoms with van der Waals surface area (Å²) in [7, 11) is 0. The third kappa shape index (κ3) is 5.20. The summed E-state index contributed by atoms with van der Waals surface area (Å²) in [6.45, 7) is 7.53. The van der Waals surface area contributed by atoms with Crippen LogP contribution in [0.25, 0.3) is 0 Å².